The van der Waals surface area contributed by atoms with Crippen molar-refractivity contribution in [1.29, 1.82) is 5.26 Å². The number of nitro groups is 1. The van der Waals surface area contributed by atoms with Crippen LogP contribution in [0.15, 0.2) is 18.2 Å². The third-order valence-corrected chi connectivity index (χ3v) is 2.19. The fourth-order valence-electron chi connectivity index (χ4n) is 1.29. The van der Waals surface area contributed by atoms with E-state index in [9.17, 15) is 14.9 Å². The number of hydrogen-bond donors (Lipinski definition) is 0. The molecule has 88 valence electrons. The molecule has 0 aliphatic rings. The summed E-state index contributed by atoms with van der Waals surface area (Å²) in [4.78, 5) is 21.7. The van der Waals surface area contributed by atoms with Crippen LogP contribution >= 0.6 is 0 Å². The molecule has 0 unspecified atom stereocenters. The number of rotatable bonds is 3. The molecule has 0 saturated carbocycles. The van der Waals surface area contributed by atoms with Gasteiger partial charge in [0.15, 0.2) is 6.10 Å². The first-order valence-corrected chi connectivity index (χ1v) is 4.82. The van der Waals surface area contributed by atoms with Crippen LogP contribution in [0.5, 0.6) is 0 Å². The van der Waals surface area contributed by atoms with Gasteiger partial charge < -0.3 is 4.74 Å². The second kappa shape index (κ2) is 5.07. The van der Waals surface area contributed by atoms with Crippen molar-refractivity contribution in [3.8, 4) is 6.07 Å². The Morgan fingerprint density at radius 1 is 1.59 bits per heavy atom. The average Bonchev–Trinajstić information content (AvgIpc) is 2.28. The number of nitrogens with zero attached hydrogens (tertiary/aromatic N) is 2. The molecule has 17 heavy (non-hydrogen) atoms. The van der Waals surface area contributed by atoms with Crippen LogP contribution in [0.2, 0.25) is 0 Å². The van der Waals surface area contributed by atoms with Crippen molar-refractivity contribution >= 4 is 11.7 Å². The van der Waals surface area contributed by atoms with Crippen molar-refractivity contribution in [3.05, 3.63) is 39.4 Å². The zero-order chi connectivity index (χ0) is 13.0. The summed E-state index contributed by atoms with van der Waals surface area (Å²) >= 11 is 0. The molecule has 0 fully saturated rings. The lowest BCUT2D eigenvalue weighted by molar-refractivity contribution is -0.385. The van der Waals surface area contributed by atoms with Gasteiger partial charge >= 0.3 is 5.97 Å². The van der Waals surface area contributed by atoms with Crippen molar-refractivity contribution in [3.63, 3.8) is 0 Å². The minimum absolute atomic E-state index is 0.0984. The predicted octanol–water partition coefficient (Wildman–Crippen LogP) is 1.97. The summed E-state index contributed by atoms with van der Waals surface area (Å²) in [6.45, 7) is 2.89. The minimum Gasteiger partial charge on any atom is -0.444 e. The van der Waals surface area contributed by atoms with Crippen LogP contribution in [0.3, 0.4) is 0 Å². The van der Waals surface area contributed by atoms with Gasteiger partial charge in [0.25, 0.3) is 5.69 Å². The van der Waals surface area contributed by atoms with E-state index in [0.29, 0.717) is 0 Å². The lowest BCUT2D eigenvalue weighted by Gasteiger charge is -2.08. The summed E-state index contributed by atoms with van der Waals surface area (Å²) in [5.74, 6) is -0.736. The number of carbonyl (C=O) groups is 1. The lowest BCUT2D eigenvalue weighted by Crippen LogP contribution is -2.14. The normalized spacial score (nSPS) is 11.4. The molecule has 0 saturated heterocycles. The zero-order valence-electron chi connectivity index (χ0n) is 9.34. The van der Waals surface area contributed by atoms with Crippen LogP contribution < -0.4 is 0 Å². The molecule has 0 aliphatic carbocycles. The lowest BCUT2D eigenvalue weighted by atomic mass is 10.1. The standard InChI is InChI=1S/C11H10N2O4/c1-7(6-12)17-11(14)9-4-3-5-10(8(9)2)13(15)16/h3-5,7H,1-2H3/t7-/m1/s1. The van der Waals surface area contributed by atoms with E-state index in [0.717, 1.165) is 0 Å². The smallest absolute Gasteiger partial charge is 0.339 e. The molecule has 0 radical (unpaired) electrons. The second-order valence-corrected chi connectivity index (χ2v) is 3.38. The van der Waals surface area contributed by atoms with E-state index in [2.05, 4.69) is 0 Å². The van der Waals surface area contributed by atoms with Crippen molar-refractivity contribution in [1.82, 2.24) is 0 Å². The van der Waals surface area contributed by atoms with Gasteiger partial charge in [0.2, 0.25) is 0 Å². The van der Waals surface area contributed by atoms with Gasteiger partial charge in [-0.05, 0) is 19.9 Å². The fraction of sp³-hybridized carbons (Fsp3) is 0.273. The molecule has 1 aromatic rings. The average molecular weight is 234 g/mol. The highest BCUT2D eigenvalue weighted by atomic mass is 16.6. The summed E-state index contributed by atoms with van der Waals surface area (Å²) in [5.41, 5.74) is 0.179. The Bertz CT molecular complexity index is 505. The molecule has 0 amide bonds. The summed E-state index contributed by atoms with van der Waals surface area (Å²) in [7, 11) is 0. The molecule has 6 nitrogen and oxygen atoms in total. The maximum atomic E-state index is 11.6. The van der Waals surface area contributed by atoms with Crippen LogP contribution in [0.4, 0.5) is 5.69 Å². The second-order valence-electron chi connectivity index (χ2n) is 3.38. The molecule has 0 N–H and O–H groups in total. The number of carbonyl (C=O) groups excluding carboxylic acids is 1. The maximum absolute atomic E-state index is 11.6. The van der Waals surface area contributed by atoms with Crippen molar-refractivity contribution < 1.29 is 14.5 Å². The molecule has 1 rings (SSSR count). The topological polar surface area (TPSA) is 93.2 Å². The first kappa shape index (κ1) is 12.6. The van der Waals surface area contributed by atoms with Gasteiger partial charge in [-0.15, -0.1) is 0 Å². The van der Waals surface area contributed by atoms with E-state index >= 15 is 0 Å². The molecular formula is C11H10N2O4. The number of nitro benzene ring substituents is 1. The third kappa shape index (κ3) is 2.78. The van der Waals surface area contributed by atoms with Crippen LogP contribution in [0.1, 0.15) is 22.8 Å². The highest BCUT2D eigenvalue weighted by Gasteiger charge is 2.20. The Labute approximate surface area is 97.6 Å². The van der Waals surface area contributed by atoms with Gasteiger partial charge in [-0.2, -0.15) is 5.26 Å². The predicted molar refractivity (Wildman–Crippen MR) is 58.3 cm³/mol. The van der Waals surface area contributed by atoms with E-state index in [1.807, 2.05) is 0 Å². The first-order chi connectivity index (χ1) is 7.97. The highest BCUT2D eigenvalue weighted by Crippen LogP contribution is 2.21. The van der Waals surface area contributed by atoms with E-state index in [4.69, 9.17) is 10.00 Å². The first-order valence-electron chi connectivity index (χ1n) is 4.82. The number of nitriles is 1. The number of ether oxygens (including phenoxy) is 1. The maximum Gasteiger partial charge on any atom is 0.339 e. The van der Waals surface area contributed by atoms with E-state index in [-0.39, 0.29) is 16.8 Å². The molecule has 0 heterocycles. The Hall–Kier alpha value is -2.42. The highest BCUT2D eigenvalue weighted by molar-refractivity contribution is 5.92. The Balaban J connectivity index is 3.08. The van der Waals surface area contributed by atoms with Crippen LogP contribution in [0, 0.1) is 28.4 Å². The zero-order valence-corrected chi connectivity index (χ0v) is 9.34. The molecular weight excluding hydrogens is 224 g/mol. The van der Waals surface area contributed by atoms with Crippen molar-refractivity contribution in [2.45, 2.75) is 20.0 Å². The van der Waals surface area contributed by atoms with E-state index < -0.39 is 17.0 Å². The number of benzene rings is 1. The van der Waals surface area contributed by atoms with Crippen LogP contribution in [-0.4, -0.2) is 17.0 Å². The van der Waals surface area contributed by atoms with E-state index in [1.54, 1.807) is 6.07 Å². The Morgan fingerprint density at radius 2 is 2.24 bits per heavy atom. The molecule has 0 spiro atoms. The summed E-state index contributed by atoms with van der Waals surface area (Å²) in [5, 5.41) is 19.2. The number of hydrogen-bond acceptors (Lipinski definition) is 5. The Morgan fingerprint density at radius 3 is 2.76 bits per heavy atom. The summed E-state index contributed by atoms with van der Waals surface area (Å²) < 4.78 is 4.78. The van der Waals surface area contributed by atoms with Crippen molar-refractivity contribution in [2.24, 2.45) is 0 Å². The number of esters is 1. The van der Waals surface area contributed by atoms with Crippen LogP contribution in [-0.2, 0) is 4.74 Å². The molecule has 1 aromatic carbocycles. The van der Waals surface area contributed by atoms with E-state index in [1.165, 1.54) is 32.0 Å². The van der Waals surface area contributed by atoms with Gasteiger partial charge in [0, 0.05) is 11.6 Å². The largest absolute Gasteiger partial charge is 0.444 e. The quantitative estimate of drug-likeness (QED) is 0.452. The van der Waals surface area contributed by atoms with Gasteiger partial charge in [0.1, 0.15) is 6.07 Å². The third-order valence-electron chi connectivity index (χ3n) is 2.19. The van der Waals surface area contributed by atoms with Crippen molar-refractivity contribution in [2.75, 3.05) is 0 Å². The fourth-order valence-corrected chi connectivity index (χ4v) is 1.29. The SMILES string of the molecule is Cc1c(C(=O)O[C@H](C)C#N)cccc1[N+](=O)[O-]. The minimum atomic E-state index is -0.888. The van der Waals surface area contributed by atoms with Gasteiger partial charge in [-0.3, -0.25) is 10.1 Å². The van der Waals surface area contributed by atoms with Gasteiger partial charge in [-0.25, -0.2) is 4.79 Å². The molecule has 0 aliphatic heterocycles. The summed E-state index contributed by atoms with van der Waals surface area (Å²) in [6, 6.07) is 5.88. The molecule has 0 aromatic heterocycles. The Kier molecular flexibility index (Phi) is 3.78. The molecule has 0 bridgehead atoms. The van der Waals surface area contributed by atoms with Gasteiger partial charge in [-0.1, -0.05) is 6.07 Å². The van der Waals surface area contributed by atoms with Gasteiger partial charge in [0.05, 0.1) is 10.5 Å². The summed E-state index contributed by atoms with van der Waals surface area (Å²) in [6.07, 6.45) is -0.888. The molecule has 6 heteroatoms. The van der Waals surface area contributed by atoms with Crippen LogP contribution in [0.25, 0.3) is 0 Å². The monoisotopic (exact) mass is 234 g/mol. The molecule has 1 atom stereocenters.